The zero-order chi connectivity index (χ0) is 13.4. The van der Waals surface area contributed by atoms with Crippen molar-refractivity contribution in [1.82, 2.24) is 4.90 Å². The van der Waals surface area contributed by atoms with Gasteiger partial charge < -0.3 is 15.2 Å². The molecule has 1 amide bonds. The molecule has 1 aliphatic heterocycles. The first kappa shape index (κ1) is 13.6. The summed E-state index contributed by atoms with van der Waals surface area (Å²) in [5.41, 5.74) is 5.46. The van der Waals surface area contributed by atoms with Crippen molar-refractivity contribution in [3.63, 3.8) is 0 Å². The average Bonchev–Trinajstić information content (AvgIpc) is 3.07. The van der Waals surface area contributed by atoms with Crippen molar-refractivity contribution in [2.24, 2.45) is 11.1 Å². The molecule has 1 atom stereocenters. The first-order valence-electron chi connectivity index (χ1n) is 6.65. The Hall–Kier alpha value is -0.810. The molecule has 5 nitrogen and oxygen atoms in total. The molecule has 0 spiro atoms. The summed E-state index contributed by atoms with van der Waals surface area (Å²) in [6.07, 6.45) is 1.92. The Labute approximate surface area is 109 Å². The molecular weight excluding hydrogens is 232 g/mol. The maximum atomic E-state index is 12.2. The number of rotatable bonds is 2. The van der Waals surface area contributed by atoms with E-state index in [9.17, 15) is 4.79 Å². The molecule has 1 unspecified atom stereocenters. The zero-order valence-electron chi connectivity index (χ0n) is 11.6. The van der Waals surface area contributed by atoms with Gasteiger partial charge in [0.15, 0.2) is 0 Å². The number of ether oxygens (including phenoxy) is 2. The smallest absolute Gasteiger partial charge is 0.410 e. The maximum absolute atomic E-state index is 12.2. The molecule has 18 heavy (non-hydrogen) atoms. The van der Waals surface area contributed by atoms with Gasteiger partial charge >= 0.3 is 6.09 Å². The summed E-state index contributed by atoms with van der Waals surface area (Å²) in [6, 6.07) is 0.0751. The van der Waals surface area contributed by atoms with Gasteiger partial charge in [-0.15, -0.1) is 0 Å². The molecule has 104 valence electrons. The van der Waals surface area contributed by atoms with Gasteiger partial charge in [-0.1, -0.05) is 0 Å². The Morgan fingerprint density at radius 1 is 1.50 bits per heavy atom. The number of hydrogen-bond acceptors (Lipinski definition) is 4. The minimum absolute atomic E-state index is 0.0668. The SMILES string of the molecule is CC(C)(C)OC(=O)N1CCOCC1C1(CN)CC1. The minimum atomic E-state index is -0.459. The maximum Gasteiger partial charge on any atom is 0.410 e. The molecular formula is C13H24N2O3. The summed E-state index contributed by atoms with van der Waals surface area (Å²) in [5, 5.41) is 0. The molecule has 2 rings (SSSR count). The van der Waals surface area contributed by atoms with Gasteiger partial charge in [0.2, 0.25) is 0 Å². The lowest BCUT2D eigenvalue weighted by atomic mass is 9.95. The highest BCUT2D eigenvalue weighted by molar-refractivity contribution is 5.69. The van der Waals surface area contributed by atoms with Crippen molar-refractivity contribution >= 4 is 6.09 Å². The fraction of sp³-hybridized carbons (Fsp3) is 0.923. The van der Waals surface area contributed by atoms with E-state index >= 15 is 0 Å². The summed E-state index contributed by atoms with van der Waals surface area (Å²) in [6.45, 7) is 8.02. The molecule has 2 aliphatic rings. The van der Waals surface area contributed by atoms with Crippen LogP contribution in [0, 0.1) is 5.41 Å². The van der Waals surface area contributed by atoms with Gasteiger partial charge in [-0.2, -0.15) is 0 Å². The van der Waals surface area contributed by atoms with Crippen LogP contribution in [-0.4, -0.2) is 48.9 Å². The number of nitrogens with two attached hydrogens (primary N) is 1. The van der Waals surface area contributed by atoms with Crippen molar-refractivity contribution in [3.05, 3.63) is 0 Å². The third-order valence-electron chi connectivity index (χ3n) is 3.76. The Bertz CT molecular complexity index is 321. The van der Waals surface area contributed by atoms with E-state index < -0.39 is 5.60 Å². The number of amides is 1. The highest BCUT2D eigenvalue weighted by atomic mass is 16.6. The Morgan fingerprint density at radius 2 is 2.17 bits per heavy atom. The Balaban J connectivity index is 2.06. The molecule has 0 aromatic carbocycles. The van der Waals surface area contributed by atoms with E-state index in [0.29, 0.717) is 26.3 Å². The summed E-state index contributed by atoms with van der Waals surface area (Å²) < 4.78 is 11.0. The van der Waals surface area contributed by atoms with E-state index in [2.05, 4.69) is 0 Å². The van der Waals surface area contributed by atoms with Gasteiger partial charge in [0.1, 0.15) is 5.60 Å². The minimum Gasteiger partial charge on any atom is -0.444 e. The third-order valence-corrected chi connectivity index (χ3v) is 3.76. The van der Waals surface area contributed by atoms with Crippen LogP contribution in [0.1, 0.15) is 33.6 Å². The molecule has 0 aromatic rings. The van der Waals surface area contributed by atoms with Crippen LogP contribution < -0.4 is 5.73 Å². The predicted octanol–water partition coefficient (Wildman–Crippen LogP) is 1.36. The van der Waals surface area contributed by atoms with Gasteiger partial charge in [-0.3, -0.25) is 4.90 Å². The van der Waals surface area contributed by atoms with E-state index in [1.54, 1.807) is 0 Å². The van der Waals surface area contributed by atoms with Gasteiger partial charge in [-0.25, -0.2) is 4.79 Å². The first-order valence-corrected chi connectivity index (χ1v) is 6.65. The lowest BCUT2D eigenvalue weighted by molar-refractivity contribution is -0.0498. The summed E-state index contributed by atoms with van der Waals surface area (Å²) in [5.74, 6) is 0. The second-order valence-corrected chi connectivity index (χ2v) is 6.33. The molecule has 1 saturated heterocycles. The van der Waals surface area contributed by atoms with Gasteiger partial charge in [0.25, 0.3) is 0 Å². The molecule has 1 saturated carbocycles. The van der Waals surface area contributed by atoms with E-state index in [1.165, 1.54) is 0 Å². The highest BCUT2D eigenvalue weighted by Crippen LogP contribution is 2.50. The van der Waals surface area contributed by atoms with E-state index in [4.69, 9.17) is 15.2 Å². The van der Waals surface area contributed by atoms with Crippen LogP contribution in [0.4, 0.5) is 4.79 Å². The molecule has 0 bridgehead atoms. The van der Waals surface area contributed by atoms with Crippen molar-refractivity contribution in [1.29, 1.82) is 0 Å². The van der Waals surface area contributed by atoms with Crippen LogP contribution >= 0.6 is 0 Å². The van der Waals surface area contributed by atoms with Crippen LogP contribution in [0.15, 0.2) is 0 Å². The van der Waals surface area contributed by atoms with Crippen molar-refractivity contribution < 1.29 is 14.3 Å². The second-order valence-electron chi connectivity index (χ2n) is 6.33. The molecule has 0 aromatic heterocycles. The molecule has 0 radical (unpaired) electrons. The Kier molecular flexibility index (Phi) is 3.56. The monoisotopic (exact) mass is 256 g/mol. The van der Waals surface area contributed by atoms with Gasteiger partial charge in [-0.05, 0) is 33.6 Å². The normalized spacial score (nSPS) is 26.9. The first-order chi connectivity index (χ1) is 8.38. The van der Waals surface area contributed by atoms with Gasteiger partial charge in [0.05, 0.1) is 19.3 Å². The molecule has 2 N–H and O–H groups in total. The van der Waals surface area contributed by atoms with E-state index in [1.807, 2.05) is 25.7 Å². The number of morpholine rings is 1. The third kappa shape index (κ3) is 2.78. The summed E-state index contributed by atoms with van der Waals surface area (Å²) >= 11 is 0. The molecule has 5 heteroatoms. The standard InChI is InChI=1S/C13H24N2O3/c1-12(2,3)18-11(16)15-6-7-17-8-10(15)13(9-14)4-5-13/h10H,4-9,14H2,1-3H3. The largest absolute Gasteiger partial charge is 0.444 e. The number of carbonyl (C=O) groups excluding carboxylic acids is 1. The lowest BCUT2D eigenvalue weighted by Crippen LogP contribution is -2.55. The number of hydrogen-bond donors (Lipinski definition) is 1. The average molecular weight is 256 g/mol. The topological polar surface area (TPSA) is 64.8 Å². The quantitative estimate of drug-likeness (QED) is 0.810. The summed E-state index contributed by atoms with van der Waals surface area (Å²) in [4.78, 5) is 14.0. The predicted molar refractivity (Wildman–Crippen MR) is 68.3 cm³/mol. The summed E-state index contributed by atoms with van der Waals surface area (Å²) in [7, 11) is 0. The van der Waals surface area contributed by atoms with Crippen LogP contribution in [0.2, 0.25) is 0 Å². The Morgan fingerprint density at radius 3 is 2.67 bits per heavy atom. The zero-order valence-corrected chi connectivity index (χ0v) is 11.6. The second kappa shape index (κ2) is 4.70. The van der Waals surface area contributed by atoms with Crippen LogP contribution in [0.3, 0.4) is 0 Å². The van der Waals surface area contributed by atoms with Crippen molar-refractivity contribution in [2.75, 3.05) is 26.3 Å². The van der Waals surface area contributed by atoms with E-state index in [0.717, 1.165) is 12.8 Å². The molecule has 1 aliphatic carbocycles. The fourth-order valence-electron chi connectivity index (χ4n) is 2.48. The number of carbonyl (C=O) groups is 1. The van der Waals surface area contributed by atoms with Crippen LogP contribution in [-0.2, 0) is 9.47 Å². The van der Waals surface area contributed by atoms with Crippen LogP contribution in [0.25, 0.3) is 0 Å². The van der Waals surface area contributed by atoms with Gasteiger partial charge in [0, 0.05) is 18.5 Å². The van der Waals surface area contributed by atoms with Crippen LogP contribution in [0.5, 0.6) is 0 Å². The van der Waals surface area contributed by atoms with Crippen molar-refractivity contribution in [2.45, 2.75) is 45.3 Å². The van der Waals surface area contributed by atoms with E-state index in [-0.39, 0.29) is 17.6 Å². The van der Waals surface area contributed by atoms with Crippen molar-refractivity contribution in [3.8, 4) is 0 Å². The number of nitrogens with zero attached hydrogens (tertiary/aromatic N) is 1. The molecule has 2 fully saturated rings. The lowest BCUT2D eigenvalue weighted by Gasteiger charge is -2.40. The highest BCUT2D eigenvalue weighted by Gasteiger charge is 2.53. The fourth-order valence-corrected chi connectivity index (χ4v) is 2.48. The molecule has 1 heterocycles.